The molecule has 6 heteroatoms. The van der Waals surface area contributed by atoms with Crippen molar-refractivity contribution in [2.75, 3.05) is 26.2 Å². The van der Waals surface area contributed by atoms with E-state index in [0.717, 1.165) is 42.5 Å². The topological polar surface area (TPSA) is 28.4 Å². The Hall–Kier alpha value is 0.260. The largest absolute Gasteiger partial charge is 0.453 e. The molecule has 1 atom stereocenters. The number of hydrogen-bond acceptors (Lipinski definition) is 3. The van der Waals surface area contributed by atoms with Crippen molar-refractivity contribution >= 4 is 40.7 Å². The third-order valence-electron chi connectivity index (χ3n) is 4.28. The molecule has 1 aliphatic carbocycles. The van der Waals surface area contributed by atoms with Crippen molar-refractivity contribution in [1.29, 1.82) is 0 Å². The van der Waals surface area contributed by atoms with Gasteiger partial charge < -0.3 is 9.73 Å². The number of hydrogen-bond donors (Lipinski definition) is 1. The fourth-order valence-electron chi connectivity index (χ4n) is 3.43. The van der Waals surface area contributed by atoms with Crippen molar-refractivity contribution in [3.63, 3.8) is 0 Å². The van der Waals surface area contributed by atoms with Crippen LogP contribution in [0.4, 0.5) is 0 Å². The number of halogens is 3. The van der Waals surface area contributed by atoms with Crippen molar-refractivity contribution in [3.8, 4) is 0 Å². The minimum absolute atomic E-state index is 0. The Balaban J connectivity index is 0.000001000. The summed E-state index contributed by atoms with van der Waals surface area (Å²) in [7, 11) is 0. The van der Waals surface area contributed by atoms with Gasteiger partial charge >= 0.3 is 0 Å². The van der Waals surface area contributed by atoms with Gasteiger partial charge in [-0.25, -0.2) is 0 Å². The summed E-state index contributed by atoms with van der Waals surface area (Å²) in [4.78, 5) is 2.61. The molecule has 3 rings (SSSR count). The molecule has 1 aromatic rings. The standard InChI is InChI=1S/C14H21BrN2O.2ClH/c15-13-6-5-12(18-13)14(11-3-1-2-4-11)17-9-7-16-8-10-17;;/h5-6,11,14,16H,1-4,7-10H2;2*1H/t14-;;/m1../s1. The molecule has 0 radical (unpaired) electrons. The Morgan fingerprint density at radius 3 is 2.35 bits per heavy atom. The normalized spacial score (nSPS) is 22.1. The molecular weight excluding hydrogens is 363 g/mol. The first-order chi connectivity index (χ1) is 8.84. The zero-order chi connectivity index (χ0) is 12.4. The van der Waals surface area contributed by atoms with Crippen LogP contribution in [0.1, 0.15) is 37.5 Å². The Labute approximate surface area is 141 Å². The minimum atomic E-state index is 0. The van der Waals surface area contributed by atoms with Crippen LogP contribution in [0.3, 0.4) is 0 Å². The fourth-order valence-corrected chi connectivity index (χ4v) is 3.75. The maximum Gasteiger partial charge on any atom is 0.169 e. The molecule has 1 N–H and O–H groups in total. The minimum Gasteiger partial charge on any atom is -0.453 e. The lowest BCUT2D eigenvalue weighted by molar-refractivity contribution is 0.107. The second-order valence-electron chi connectivity index (χ2n) is 5.42. The summed E-state index contributed by atoms with van der Waals surface area (Å²) in [6.07, 6.45) is 5.48. The number of rotatable bonds is 3. The van der Waals surface area contributed by atoms with E-state index in [2.05, 4.69) is 32.2 Å². The number of nitrogens with zero attached hydrogens (tertiary/aromatic N) is 1. The van der Waals surface area contributed by atoms with E-state index in [1.165, 1.54) is 25.7 Å². The maximum atomic E-state index is 5.87. The van der Waals surface area contributed by atoms with E-state index < -0.39 is 0 Å². The molecule has 2 aliphatic rings. The fraction of sp³-hybridized carbons (Fsp3) is 0.714. The third-order valence-corrected chi connectivity index (χ3v) is 4.70. The predicted molar refractivity (Wildman–Crippen MR) is 90.0 cm³/mol. The Kier molecular flexibility index (Phi) is 7.91. The summed E-state index contributed by atoms with van der Waals surface area (Å²) in [5.41, 5.74) is 0. The van der Waals surface area contributed by atoms with Crippen molar-refractivity contribution in [3.05, 3.63) is 22.6 Å². The molecule has 3 nitrogen and oxygen atoms in total. The van der Waals surface area contributed by atoms with Gasteiger partial charge in [-0.15, -0.1) is 24.8 Å². The van der Waals surface area contributed by atoms with Gasteiger partial charge in [-0.2, -0.15) is 0 Å². The number of piperazine rings is 1. The number of nitrogens with one attached hydrogen (secondary N) is 1. The van der Waals surface area contributed by atoms with Gasteiger partial charge in [-0.05, 0) is 46.8 Å². The maximum absolute atomic E-state index is 5.87. The summed E-state index contributed by atoms with van der Waals surface area (Å²) in [6.45, 7) is 4.48. The van der Waals surface area contributed by atoms with Crippen LogP contribution in [-0.4, -0.2) is 31.1 Å². The zero-order valence-corrected chi connectivity index (χ0v) is 14.7. The molecule has 1 aromatic heterocycles. The van der Waals surface area contributed by atoms with Crippen molar-refractivity contribution in [2.45, 2.75) is 31.7 Å². The van der Waals surface area contributed by atoms with Crippen molar-refractivity contribution in [1.82, 2.24) is 10.2 Å². The molecular formula is C14H23BrCl2N2O. The van der Waals surface area contributed by atoms with Crippen LogP contribution in [0, 0.1) is 5.92 Å². The van der Waals surface area contributed by atoms with Gasteiger partial charge in [-0.1, -0.05) is 12.8 Å². The Morgan fingerprint density at radius 1 is 1.15 bits per heavy atom. The summed E-state index contributed by atoms with van der Waals surface area (Å²) in [5, 5.41) is 3.44. The lowest BCUT2D eigenvalue weighted by atomic mass is 9.94. The van der Waals surface area contributed by atoms with Crippen LogP contribution in [0.5, 0.6) is 0 Å². The third kappa shape index (κ3) is 4.14. The van der Waals surface area contributed by atoms with E-state index in [1.807, 2.05) is 6.07 Å². The van der Waals surface area contributed by atoms with Crippen LogP contribution in [-0.2, 0) is 0 Å². The van der Waals surface area contributed by atoms with Crippen LogP contribution in [0.25, 0.3) is 0 Å². The van der Waals surface area contributed by atoms with Crippen LogP contribution in [0.2, 0.25) is 0 Å². The van der Waals surface area contributed by atoms with Gasteiger partial charge in [0.15, 0.2) is 4.67 Å². The first kappa shape index (κ1) is 18.3. The van der Waals surface area contributed by atoms with Gasteiger partial charge in [0.25, 0.3) is 0 Å². The predicted octanol–water partition coefficient (Wildman–Crippen LogP) is 4.02. The molecule has 1 saturated carbocycles. The average Bonchev–Trinajstić information content (AvgIpc) is 3.04. The van der Waals surface area contributed by atoms with Crippen LogP contribution >= 0.6 is 40.7 Å². The highest BCUT2D eigenvalue weighted by atomic mass is 79.9. The molecule has 0 amide bonds. The van der Waals surface area contributed by atoms with E-state index in [0.29, 0.717) is 6.04 Å². The monoisotopic (exact) mass is 384 g/mol. The summed E-state index contributed by atoms with van der Waals surface area (Å²) in [6, 6.07) is 4.66. The molecule has 20 heavy (non-hydrogen) atoms. The smallest absolute Gasteiger partial charge is 0.169 e. The Morgan fingerprint density at radius 2 is 1.80 bits per heavy atom. The van der Waals surface area contributed by atoms with Crippen molar-refractivity contribution in [2.24, 2.45) is 5.92 Å². The lowest BCUT2D eigenvalue weighted by Gasteiger charge is -2.37. The molecule has 2 fully saturated rings. The Bertz CT molecular complexity index is 390. The number of furan rings is 1. The second kappa shape index (κ2) is 8.64. The van der Waals surface area contributed by atoms with Gasteiger partial charge in [0.2, 0.25) is 0 Å². The summed E-state index contributed by atoms with van der Waals surface area (Å²) >= 11 is 3.44. The first-order valence-corrected chi connectivity index (χ1v) is 7.84. The van der Waals surface area contributed by atoms with Crippen molar-refractivity contribution < 1.29 is 4.42 Å². The van der Waals surface area contributed by atoms with Gasteiger partial charge in [0.1, 0.15) is 5.76 Å². The highest BCUT2D eigenvalue weighted by molar-refractivity contribution is 9.10. The zero-order valence-electron chi connectivity index (χ0n) is 11.5. The molecule has 0 bridgehead atoms. The molecule has 0 unspecified atom stereocenters. The highest BCUT2D eigenvalue weighted by Gasteiger charge is 2.33. The quantitative estimate of drug-likeness (QED) is 0.851. The molecule has 1 saturated heterocycles. The summed E-state index contributed by atoms with van der Waals surface area (Å²) in [5.74, 6) is 1.93. The van der Waals surface area contributed by atoms with Crippen LogP contribution < -0.4 is 5.32 Å². The van der Waals surface area contributed by atoms with Crippen LogP contribution in [0.15, 0.2) is 21.2 Å². The lowest BCUT2D eigenvalue weighted by Crippen LogP contribution is -2.46. The molecule has 1 aliphatic heterocycles. The second-order valence-corrected chi connectivity index (χ2v) is 6.20. The molecule has 0 spiro atoms. The van der Waals surface area contributed by atoms with E-state index in [9.17, 15) is 0 Å². The SMILES string of the molecule is Brc1ccc([C@@H](C2CCCC2)N2CCNCC2)o1.Cl.Cl. The summed E-state index contributed by atoms with van der Waals surface area (Å²) < 4.78 is 6.72. The van der Waals surface area contributed by atoms with Gasteiger partial charge in [-0.3, -0.25) is 4.90 Å². The average molecular weight is 386 g/mol. The molecule has 116 valence electrons. The highest BCUT2D eigenvalue weighted by Crippen LogP contribution is 2.40. The first-order valence-electron chi connectivity index (χ1n) is 7.04. The molecule has 0 aromatic carbocycles. The van der Waals surface area contributed by atoms with Gasteiger partial charge in [0.05, 0.1) is 6.04 Å². The van der Waals surface area contributed by atoms with E-state index in [1.54, 1.807) is 0 Å². The van der Waals surface area contributed by atoms with E-state index in [4.69, 9.17) is 4.42 Å². The van der Waals surface area contributed by atoms with E-state index >= 15 is 0 Å². The molecule has 2 heterocycles. The van der Waals surface area contributed by atoms with Gasteiger partial charge in [0, 0.05) is 26.2 Å². The van der Waals surface area contributed by atoms with E-state index in [-0.39, 0.29) is 24.8 Å².